The lowest BCUT2D eigenvalue weighted by Crippen LogP contribution is -2.54. The van der Waals surface area contributed by atoms with Crippen LogP contribution in [0.1, 0.15) is 59.9 Å². The zero-order valence-electron chi connectivity index (χ0n) is 21.0. The molecule has 1 heterocycles. The lowest BCUT2D eigenvalue weighted by Gasteiger charge is -2.24. The smallest absolute Gasteiger partial charge is 0.408 e. The van der Waals surface area contributed by atoms with E-state index >= 15 is 0 Å². The van der Waals surface area contributed by atoms with Crippen molar-refractivity contribution in [3.8, 4) is 0 Å². The van der Waals surface area contributed by atoms with E-state index < -0.39 is 24.1 Å². The van der Waals surface area contributed by atoms with Gasteiger partial charge in [0.1, 0.15) is 12.6 Å². The minimum Gasteiger partial charge on any atom is -0.445 e. The number of rotatable bonds is 12. The second kappa shape index (κ2) is 13.3. The maximum atomic E-state index is 13.2. The third kappa shape index (κ3) is 8.93. The van der Waals surface area contributed by atoms with Crippen LogP contribution in [0.3, 0.4) is 0 Å². The Balaban J connectivity index is 2.06. The fraction of sp³-hybridized carbons (Fsp3) is 0.560. The third-order valence-corrected chi connectivity index (χ3v) is 6.82. The van der Waals surface area contributed by atoms with Crippen molar-refractivity contribution in [3.05, 3.63) is 35.9 Å². The molecule has 1 aromatic rings. The standard InChI is InChI=1S/C25H38N4O4S/c1-16(2)12-20(22(30)23-26-15-34(29-23)18(5)6)27-24(31)21(13-17(3)4)28-25(32)33-14-19-10-8-7-9-11-19/h7-11,15-18,20-21H,12-14H2,1-6H3,(H,26,29)(H,27,31)(H,28,32)/t20-,21-,34?/m0/s1. The van der Waals surface area contributed by atoms with E-state index in [9.17, 15) is 14.4 Å². The number of hydrogen-bond acceptors (Lipinski definition) is 6. The number of carbonyl (C=O) groups excluding carboxylic acids is 3. The molecule has 1 aliphatic heterocycles. The average Bonchev–Trinajstić information content (AvgIpc) is 3.27. The summed E-state index contributed by atoms with van der Waals surface area (Å²) in [5.41, 5.74) is 2.69. The Morgan fingerprint density at radius 3 is 2.12 bits per heavy atom. The Kier molecular flexibility index (Phi) is 10.8. The highest BCUT2D eigenvalue weighted by Gasteiger charge is 2.31. The Labute approximate surface area is 205 Å². The predicted molar refractivity (Wildman–Crippen MR) is 139 cm³/mol. The van der Waals surface area contributed by atoms with Crippen LogP contribution >= 0.6 is 10.7 Å². The summed E-state index contributed by atoms with van der Waals surface area (Å²) >= 11 is 0. The lowest BCUT2D eigenvalue weighted by molar-refractivity contribution is -0.127. The van der Waals surface area contributed by atoms with Crippen LogP contribution in [0.5, 0.6) is 0 Å². The van der Waals surface area contributed by atoms with Crippen LogP contribution in [0.15, 0.2) is 34.7 Å². The molecule has 188 valence electrons. The van der Waals surface area contributed by atoms with Crippen molar-refractivity contribution < 1.29 is 19.1 Å². The molecule has 0 radical (unpaired) electrons. The molecule has 3 N–H and O–H groups in total. The molecule has 2 amide bonds. The molecule has 0 saturated carbocycles. The van der Waals surface area contributed by atoms with Crippen molar-refractivity contribution in [1.29, 1.82) is 0 Å². The molecular weight excluding hydrogens is 452 g/mol. The van der Waals surface area contributed by atoms with Gasteiger partial charge in [-0.05, 0) is 40.9 Å². The van der Waals surface area contributed by atoms with Gasteiger partial charge in [-0.15, -0.1) is 0 Å². The first-order chi connectivity index (χ1) is 16.1. The minimum absolute atomic E-state index is 0.108. The van der Waals surface area contributed by atoms with Gasteiger partial charge in [-0.25, -0.2) is 9.19 Å². The van der Waals surface area contributed by atoms with Gasteiger partial charge in [0.05, 0.1) is 6.04 Å². The highest BCUT2D eigenvalue weighted by Crippen LogP contribution is 2.24. The molecule has 1 aromatic carbocycles. The van der Waals surface area contributed by atoms with Gasteiger partial charge in [0.25, 0.3) is 0 Å². The largest absolute Gasteiger partial charge is 0.445 e. The van der Waals surface area contributed by atoms with Crippen LogP contribution in [-0.4, -0.2) is 46.4 Å². The third-order valence-electron chi connectivity index (χ3n) is 5.10. The zero-order chi connectivity index (χ0) is 25.3. The van der Waals surface area contributed by atoms with Crippen molar-refractivity contribution in [2.45, 2.75) is 78.3 Å². The summed E-state index contributed by atoms with van der Waals surface area (Å²) < 4.78 is 9.80. The highest BCUT2D eigenvalue weighted by molar-refractivity contribution is 8.14. The summed E-state index contributed by atoms with van der Waals surface area (Å²) in [4.78, 5) is 38.8. The van der Waals surface area contributed by atoms with Gasteiger partial charge in [0.2, 0.25) is 11.7 Å². The van der Waals surface area contributed by atoms with Crippen molar-refractivity contribution >= 4 is 39.8 Å². The first-order valence-corrected chi connectivity index (χ1v) is 13.1. The number of Topliss-reactive ketones (excluding diaryl/α,β-unsaturated/α-hetero) is 1. The van der Waals surface area contributed by atoms with E-state index in [1.807, 2.05) is 77.4 Å². The molecule has 2 rings (SSSR count). The molecule has 9 heteroatoms. The molecular formula is C25H38N4O4S. The van der Waals surface area contributed by atoms with Crippen LogP contribution in [0.4, 0.5) is 4.79 Å². The van der Waals surface area contributed by atoms with Crippen LogP contribution in [0.2, 0.25) is 0 Å². The van der Waals surface area contributed by atoms with E-state index in [1.165, 1.54) is 0 Å². The Morgan fingerprint density at radius 2 is 1.56 bits per heavy atom. The zero-order valence-corrected chi connectivity index (χ0v) is 21.8. The summed E-state index contributed by atoms with van der Waals surface area (Å²) in [6.45, 7) is 12.1. The van der Waals surface area contributed by atoms with E-state index in [2.05, 4.69) is 20.3 Å². The van der Waals surface area contributed by atoms with Gasteiger partial charge in [0.15, 0.2) is 5.84 Å². The van der Waals surface area contributed by atoms with E-state index in [1.54, 1.807) is 0 Å². The van der Waals surface area contributed by atoms with Crippen LogP contribution in [-0.2, 0) is 20.9 Å². The summed E-state index contributed by atoms with van der Waals surface area (Å²) in [6.07, 6.45) is 0.209. The van der Waals surface area contributed by atoms with Crippen LogP contribution < -0.4 is 16.0 Å². The first kappa shape index (κ1) is 27.6. The number of ether oxygens (including phenoxy) is 1. The summed E-state index contributed by atoms with van der Waals surface area (Å²) in [6, 6.07) is 7.77. The number of nitrogens with one attached hydrogen (secondary N) is 3. The molecule has 34 heavy (non-hydrogen) atoms. The molecule has 0 bridgehead atoms. The Bertz CT molecular complexity index is 913. The van der Waals surface area contributed by atoms with E-state index in [-0.39, 0.29) is 46.0 Å². The summed E-state index contributed by atoms with van der Waals surface area (Å²) in [5, 5.41) is 8.81. The van der Waals surface area contributed by atoms with Gasteiger partial charge in [0, 0.05) is 10.7 Å². The predicted octanol–water partition coefficient (Wildman–Crippen LogP) is 3.78. The number of amides is 2. The summed E-state index contributed by atoms with van der Waals surface area (Å²) in [5.74, 6) is -0.0545. The van der Waals surface area contributed by atoms with Gasteiger partial charge < -0.3 is 20.7 Å². The maximum Gasteiger partial charge on any atom is 0.408 e. The number of ketones is 1. The molecule has 8 nitrogen and oxygen atoms in total. The highest BCUT2D eigenvalue weighted by atomic mass is 32.2. The number of amidine groups is 1. The molecule has 0 spiro atoms. The van der Waals surface area contributed by atoms with E-state index in [4.69, 9.17) is 4.74 Å². The fourth-order valence-corrected chi connectivity index (χ4v) is 4.50. The number of benzene rings is 1. The lowest BCUT2D eigenvalue weighted by atomic mass is 9.98. The van der Waals surface area contributed by atoms with Gasteiger partial charge in [-0.2, -0.15) is 0 Å². The monoisotopic (exact) mass is 490 g/mol. The molecule has 0 saturated heterocycles. The first-order valence-electron chi connectivity index (χ1n) is 11.8. The van der Waals surface area contributed by atoms with Gasteiger partial charge >= 0.3 is 6.09 Å². The molecule has 0 fully saturated rings. The van der Waals surface area contributed by atoms with Gasteiger partial charge in [-0.1, -0.05) is 71.9 Å². The number of hydrogen-bond donors (Lipinski definition) is 3. The molecule has 1 unspecified atom stereocenters. The normalized spacial score (nSPS) is 17.0. The van der Waals surface area contributed by atoms with Crippen LogP contribution in [0.25, 0.3) is 0 Å². The molecule has 0 aliphatic carbocycles. The van der Waals surface area contributed by atoms with Crippen molar-refractivity contribution in [3.63, 3.8) is 0 Å². The quantitative estimate of drug-likeness (QED) is 0.386. The van der Waals surface area contributed by atoms with Crippen molar-refractivity contribution in [2.24, 2.45) is 16.2 Å². The van der Waals surface area contributed by atoms with Crippen molar-refractivity contribution in [2.75, 3.05) is 0 Å². The Morgan fingerprint density at radius 1 is 0.941 bits per heavy atom. The SMILES string of the molecule is CC(C)C[C@H](NC(=O)OCc1ccccc1)C(=O)N[C@@H](CC(C)C)C(=O)C1=NS(C(C)C)=CN1. The molecule has 0 aromatic heterocycles. The van der Waals surface area contributed by atoms with Gasteiger partial charge in [-0.3, -0.25) is 9.59 Å². The maximum absolute atomic E-state index is 13.2. The van der Waals surface area contributed by atoms with E-state index in [0.29, 0.717) is 12.8 Å². The number of alkyl carbamates (subject to hydrolysis) is 1. The van der Waals surface area contributed by atoms with Crippen LogP contribution in [0, 0.1) is 11.8 Å². The second-order valence-electron chi connectivity index (χ2n) is 9.54. The number of carbonyl (C=O) groups is 3. The fourth-order valence-electron chi connectivity index (χ4n) is 3.38. The second-order valence-corrected chi connectivity index (χ2v) is 11.6. The minimum atomic E-state index is -0.818. The molecule has 1 aliphatic rings. The van der Waals surface area contributed by atoms with Crippen molar-refractivity contribution in [1.82, 2.24) is 16.0 Å². The number of nitrogens with zero attached hydrogens (tertiary/aromatic N) is 1. The topological polar surface area (TPSA) is 109 Å². The Hall–Kier alpha value is -2.68. The molecule has 3 atom stereocenters. The summed E-state index contributed by atoms with van der Waals surface area (Å²) in [7, 11) is -0.369. The average molecular weight is 491 g/mol. The van der Waals surface area contributed by atoms with E-state index in [0.717, 1.165) is 5.56 Å².